The summed E-state index contributed by atoms with van der Waals surface area (Å²) >= 11 is 1.37. The van der Waals surface area contributed by atoms with Gasteiger partial charge in [0.15, 0.2) is 10.9 Å². The third kappa shape index (κ3) is 4.23. The summed E-state index contributed by atoms with van der Waals surface area (Å²) in [5.41, 5.74) is 7.94. The van der Waals surface area contributed by atoms with Crippen molar-refractivity contribution in [2.45, 2.75) is 44.0 Å². The topological polar surface area (TPSA) is 90.9 Å². The minimum atomic E-state index is -0.370. The number of hydrogen-bond donors (Lipinski definition) is 1. The van der Waals surface area contributed by atoms with E-state index in [9.17, 15) is 9.59 Å². The maximum Gasteiger partial charge on any atom is 0.217 e. The van der Waals surface area contributed by atoms with Crippen LogP contribution in [0.1, 0.15) is 40.7 Å². The first-order valence-electron chi connectivity index (χ1n) is 7.74. The highest BCUT2D eigenvalue weighted by Gasteiger charge is 2.21. The number of rotatable bonds is 7. The summed E-state index contributed by atoms with van der Waals surface area (Å²) in [5.74, 6) is 0.385. The number of aromatic nitrogens is 3. The molecule has 1 aromatic carbocycles. The fraction of sp³-hybridized carbons (Fsp3) is 0.412. The molecule has 0 saturated heterocycles. The third-order valence-electron chi connectivity index (χ3n) is 3.83. The lowest BCUT2D eigenvalue weighted by atomic mass is 10.0. The number of nitrogens with zero attached hydrogens (tertiary/aromatic N) is 3. The average Bonchev–Trinajstić information content (AvgIpc) is 2.87. The molecule has 128 valence electrons. The van der Waals surface area contributed by atoms with Crippen molar-refractivity contribution in [2.24, 2.45) is 12.8 Å². The predicted molar refractivity (Wildman–Crippen MR) is 94.1 cm³/mol. The van der Waals surface area contributed by atoms with Crippen molar-refractivity contribution in [1.82, 2.24) is 14.8 Å². The van der Waals surface area contributed by atoms with Crippen LogP contribution in [0.5, 0.6) is 0 Å². The van der Waals surface area contributed by atoms with Gasteiger partial charge in [-0.3, -0.25) is 9.59 Å². The highest BCUT2D eigenvalue weighted by Crippen LogP contribution is 2.25. The normalized spacial score (nSPS) is 12.2. The van der Waals surface area contributed by atoms with Gasteiger partial charge < -0.3 is 10.3 Å². The number of carbonyl (C=O) groups excluding carboxylic acids is 2. The van der Waals surface area contributed by atoms with Crippen molar-refractivity contribution >= 4 is 23.5 Å². The maximum absolute atomic E-state index is 12.7. The highest BCUT2D eigenvalue weighted by atomic mass is 32.2. The minimum absolute atomic E-state index is 0.0721. The van der Waals surface area contributed by atoms with Crippen molar-refractivity contribution in [2.75, 3.05) is 0 Å². The van der Waals surface area contributed by atoms with E-state index in [0.29, 0.717) is 17.4 Å². The molecule has 0 fully saturated rings. The van der Waals surface area contributed by atoms with Crippen LogP contribution in [0.25, 0.3) is 0 Å². The van der Waals surface area contributed by atoms with Crippen LogP contribution in [0.4, 0.5) is 0 Å². The largest absolute Gasteiger partial charge is 0.370 e. The van der Waals surface area contributed by atoms with Gasteiger partial charge in [0.2, 0.25) is 5.91 Å². The van der Waals surface area contributed by atoms with Gasteiger partial charge in [0.25, 0.3) is 0 Å². The van der Waals surface area contributed by atoms with E-state index in [-0.39, 0.29) is 23.4 Å². The SMILES string of the molecule is Cc1ccc(C)c(C(=O)[C@@H](C)Sc2nnc(CCC(N)=O)n2C)c1. The van der Waals surface area contributed by atoms with Gasteiger partial charge in [-0.1, -0.05) is 29.5 Å². The van der Waals surface area contributed by atoms with Crippen LogP contribution in [0, 0.1) is 13.8 Å². The zero-order valence-electron chi connectivity index (χ0n) is 14.4. The van der Waals surface area contributed by atoms with Crippen LogP contribution in [-0.4, -0.2) is 31.7 Å². The second-order valence-electron chi connectivity index (χ2n) is 5.87. The quantitative estimate of drug-likeness (QED) is 0.613. The molecule has 1 heterocycles. The number of amides is 1. The summed E-state index contributed by atoms with van der Waals surface area (Å²) in [6.45, 7) is 5.78. The Bertz CT molecular complexity index is 770. The van der Waals surface area contributed by atoms with Crippen molar-refractivity contribution < 1.29 is 9.59 Å². The number of primary amides is 1. The van der Waals surface area contributed by atoms with E-state index in [0.717, 1.165) is 16.7 Å². The lowest BCUT2D eigenvalue weighted by molar-refractivity contribution is -0.118. The van der Waals surface area contributed by atoms with Crippen molar-refractivity contribution in [3.63, 3.8) is 0 Å². The Morgan fingerprint density at radius 2 is 2.00 bits per heavy atom. The van der Waals surface area contributed by atoms with Crippen molar-refractivity contribution in [3.05, 3.63) is 40.7 Å². The van der Waals surface area contributed by atoms with Gasteiger partial charge in [0.05, 0.1) is 5.25 Å². The predicted octanol–water partition coefficient (Wildman–Crippen LogP) is 2.21. The highest BCUT2D eigenvalue weighted by molar-refractivity contribution is 8.00. The van der Waals surface area contributed by atoms with Gasteiger partial charge >= 0.3 is 0 Å². The molecule has 0 radical (unpaired) electrons. The van der Waals surface area contributed by atoms with E-state index in [4.69, 9.17) is 5.73 Å². The Labute approximate surface area is 145 Å². The number of ketones is 1. The first-order chi connectivity index (χ1) is 11.3. The Balaban J connectivity index is 2.12. The van der Waals surface area contributed by atoms with E-state index in [1.54, 1.807) is 4.57 Å². The number of thioether (sulfide) groups is 1. The molecule has 0 saturated carbocycles. The summed E-state index contributed by atoms with van der Waals surface area (Å²) in [4.78, 5) is 23.6. The number of carbonyl (C=O) groups is 2. The van der Waals surface area contributed by atoms with Gasteiger partial charge in [-0.05, 0) is 32.4 Å². The molecule has 1 atom stereocenters. The van der Waals surface area contributed by atoms with E-state index < -0.39 is 0 Å². The van der Waals surface area contributed by atoms with Gasteiger partial charge in [-0.2, -0.15) is 0 Å². The number of Topliss-reactive ketones (excluding diaryl/α,β-unsaturated/α-hetero) is 1. The smallest absolute Gasteiger partial charge is 0.217 e. The van der Waals surface area contributed by atoms with Crippen LogP contribution >= 0.6 is 11.8 Å². The van der Waals surface area contributed by atoms with Gasteiger partial charge in [-0.15, -0.1) is 10.2 Å². The van der Waals surface area contributed by atoms with E-state index in [2.05, 4.69) is 10.2 Å². The van der Waals surface area contributed by atoms with Crippen LogP contribution in [0.15, 0.2) is 23.4 Å². The lowest BCUT2D eigenvalue weighted by Crippen LogP contribution is -2.16. The molecule has 1 amide bonds. The molecule has 0 aliphatic carbocycles. The molecule has 24 heavy (non-hydrogen) atoms. The lowest BCUT2D eigenvalue weighted by Gasteiger charge is -2.12. The first kappa shape index (κ1) is 18.2. The molecule has 0 spiro atoms. The Morgan fingerprint density at radius 3 is 2.67 bits per heavy atom. The van der Waals surface area contributed by atoms with Crippen LogP contribution < -0.4 is 5.73 Å². The molecule has 2 N–H and O–H groups in total. The monoisotopic (exact) mass is 346 g/mol. The molecule has 1 aromatic heterocycles. The third-order valence-corrected chi connectivity index (χ3v) is 4.96. The Hall–Kier alpha value is -2.15. The first-order valence-corrected chi connectivity index (χ1v) is 8.62. The minimum Gasteiger partial charge on any atom is -0.370 e. The molecular formula is C17H22N4O2S. The summed E-state index contributed by atoms with van der Waals surface area (Å²) in [7, 11) is 1.83. The van der Waals surface area contributed by atoms with E-state index in [1.807, 2.05) is 46.0 Å². The van der Waals surface area contributed by atoms with Crippen LogP contribution in [0.3, 0.4) is 0 Å². The van der Waals surface area contributed by atoms with Crippen molar-refractivity contribution in [3.8, 4) is 0 Å². The zero-order valence-corrected chi connectivity index (χ0v) is 15.2. The molecule has 0 aliphatic rings. The fourth-order valence-electron chi connectivity index (χ4n) is 2.33. The summed E-state index contributed by atoms with van der Waals surface area (Å²) in [6, 6.07) is 5.88. The number of aryl methyl sites for hydroxylation is 3. The van der Waals surface area contributed by atoms with Crippen LogP contribution in [-0.2, 0) is 18.3 Å². The molecule has 0 bridgehead atoms. The average molecular weight is 346 g/mol. The van der Waals surface area contributed by atoms with Gasteiger partial charge in [0, 0.05) is 25.5 Å². The number of nitrogens with two attached hydrogens (primary N) is 1. The Kier molecular flexibility index (Phi) is 5.77. The zero-order chi connectivity index (χ0) is 17.9. The molecule has 7 heteroatoms. The molecular weight excluding hydrogens is 324 g/mol. The second kappa shape index (κ2) is 7.61. The standard InChI is InChI=1S/C17H22N4O2S/c1-10-5-6-11(2)13(9-10)16(23)12(3)24-17-20-19-15(21(17)4)8-7-14(18)22/h5-6,9,12H,7-8H2,1-4H3,(H2,18,22)/t12-/m1/s1. The van der Waals surface area contributed by atoms with Gasteiger partial charge in [-0.25, -0.2) is 0 Å². The second-order valence-corrected chi connectivity index (χ2v) is 7.17. The Morgan fingerprint density at radius 1 is 1.29 bits per heavy atom. The molecule has 2 rings (SSSR count). The summed E-state index contributed by atoms with van der Waals surface area (Å²) < 4.78 is 1.81. The summed E-state index contributed by atoms with van der Waals surface area (Å²) in [5, 5.41) is 8.57. The maximum atomic E-state index is 12.7. The number of hydrogen-bond acceptors (Lipinski definition) is 5. The molecule has 0 aliphatic heterocycles. The summed E-state index contributed by atoms with van der Waals surface area (Å²) in [6.07, 6.45) is 0.673. The van der Waals surface area contributed by atoms with Crippen molar-refractivity contribution in [1.29, 1.82) is 0 Å². The van der Waals surface area contributed by atoms with E-state index >= 15 is 0 Å². The molecule has 2 aromatic rings. The van der Waals surface area contributed by atoms with Gasteiger partial charge in [0.1, 0.15) is 5.82 Å². The van der Waals surface area contributed by atoms with E-state index in [1.165, 1.54) is 11.8 Å². The fourth-order valence-corrected chi connectivity index (χ4v) is 3.23. The molecule has 0 unspecified atom stereocenters. The molecule has 6 nitrogen and oxygen atoms in total. The van der Waals surface area contributed by atoms with Crippen LogP contribution in [0.2, 0.25) is 0 Å². The number of benzene rings is 1.